The summed E-state index contributed by atoms with van der Waals surface area (Å²) >= 11 is 0. The highest BCUT2D eigenvalue weighted by Gasteiger charge is 2.19. The minimum absolute atomic E-state index is 0.444. The molecule has 2 aromatic heterocycles. The molecule has 0 fully saturated rings. The highest BCUT2D eigenvalue weighted by Crippen LogP contribution is 2.22. The van der Waals surface area contributed by atoms with E-state index in [1.165, 1.54) is 6.26 Å². The van der Waals surface area contributed by atoms with Crippen molar-refractivity contribution in [2.75, 3.05) is 6.54 Å². The molecule has 0 bridgehead atoms. The summed E-state index contributed by atoms with van der Waals surface area (Å²) in [5.74, 6) is 1.86. The van der Waals surface area contributed by atoms with Crippen molar-refractivity contribution in [2.24, 2.45) is 0 Å². The predicted molar refractivity (Wildman–Crippen MR) is 47.4 cm³/mol. The van der Waals surface area contributed by atoms with E-state index >= 15 is 0 Å². The number of fused-ring (bicyclic) bond motifs is 1. The van der Waals surface area contributed by atoms with E-state index in [1.54, 1.807) is 6.20 Å². The minimum Gasteiger partial charge on any atom is -0.441 e. The molecule has 14 heavy (non-hydrogen) atoms. The maximum atomic E-state index is 5.54. The van der Waals surface area contributed by atoms with Crippen molar-refractivity contribution in [3.63, 3.8) is 0 Å². The summed E-state index contributed by atoms with van der Waals surface area (Å²) in [5, 5.41) is 3.23. The number of hydrogen-bond donors (Lipinski definition) is 1. The molecule has 0 amide bonds. The van der Waals surface area contributed by atoms with Gasteiger partial charge < -0.3 is 14.2 Å². The van der Waals surface area contributed by atoms with Crippen LogP contribution in [-0.4, -0.2) is 16.5 Å². The molecule has 0 atom stereocenters. The normalized spacial score (nSPS) is 15.4. The summed E-state index contributed by atoms with van der Waals surface area (Å²) in [6.07, 6.45) is 3.97. The maximum absolute atomic E-state index is 5.54. The van der Waals surface area contributed by atoms with Crippen LogP contribution in [0.15, 0.2) is 21.3 Å². The predicted octanol–water partition coefficient (Wildman–Crippen LogP) is 0.975. The zero-order chi connectivity index (χ0) is 9.38. The van der Waals surface area contributed by atoms with Gasteiger partial charge in [-0.3, -0.25) is 0 Å². The van der Waals surface area contributed by atoms with Crippen molar-refractivity contribution in [3.05, 3.63) is 23.9 Å². The van der Waals surface area contributed by atoms with Gasteiger partial charge in [0.15, 0.2) is 0 Å². The molecule has 2 aromatic rings. The SMILES string of the molecule is c1coc(-c2nc3c(o2)CCNC3)n1. The Morgan fingerprint density at radius 3 is 3.14 bits per heavy atom. The van der Waals surface area contributed by atoms with Crippen LogP contribution in [0.5, 0.6) is 0 Å². The number of oxazole rings is 2. The lowest BCUT2D eigenvalue weighted by Crippen LogP contribution is -2.22. The lowest BCUT2D eigenvalue weighted by atomic mass is 10.2. The molecule has 0 spiro atoms. The molecule has 0 aromatic carbocycles. The van der Waals surface area contributed by atoms with E-state index in [-0.39, 0.29) is 0 Å². The molecule has 5 nitrogen and oxygen atoms in total. The molecule has 3 rings (SSSR count). The molecule has 1 N–H and O–H groups in total. The van der Waals surface area contributed by atoms with Gasteiger partial charge >= 0.3 is 0 Å². The molecular weight excluding hydrogens is 182 g/mol. The minimum atomic E-state index is 0.444. The summed E-state index contributed by atoms with van der Waals surface area (Å²) in [6, 6.07) is 0. The molecule has 72 valence electrons. The van der Waals surface area contributed by atoms with Gasteiger partial charge in [-0.2, -0.15) is 0 Å². The molecule has 3 heterocycles. The maximum Gasteiger partial charge on any atom is 0.284 e. The van der Waals surface area contributed by atoms with E-state index in [0.29, 0.717) is 11.8 Å². The number of nitrogens with zero attached hydrogens (tertiary/aromatic N) is 2. The van der Waals surface area contributed by atoms with Gasteiger partial charge in [-0.15, -0.1) is 0 Å². The molecule has 5 heteroatoms. The van der Waals surface area contributed by atoms with Crippen molar-refractivity contribution in [3.8, 4) is 11.8 Å². The first-order chi connectivity index (χ1) is 6.93. The molecule has 0 aliphatic carbocycles. The summed E-state index contributed by atoms with van der Waals surface area (Å²) < 4.78 is 10.7. The van der Waals surface area contributed by atoms with Crippen LogP contribution in [0.3, 0.4) is 0 Å². The highest BCUT2D eigenvalue weighted by atomic mass is 16.4. The second-order valence-corrected chi connectivity index (χ2v) is 3.15. The monoisotopic (exact) mass is 191 g/mol. The molecule has 1 aliphatic heterocycles. The Labute approximate surface area is 80.2 Å². The first kappa shape index (κ1) is 7.75. The Bertz CT molecular complexity index is 409. The summed E-state index contributed by atoms with van der Waals surface area (Å²) in [5.41, 5.74) is 0.962. The van der Waals surface area contributed by atoms with Crippen LogP contribution in [0, 0.1) is 0 Å². The van der Waals surface area contributed by atoms with Crippen molar-refractivity contribution in [1.82, 2.24) is 15.3 Å². The number of rotatable bonds is 1. The van der Waals surface area contributed by atoms with Crippen molar-refractivity contribution < 1.29 is 8.83 Å². The Hall–Kier alpha value is -1.62. The lowest BCUT2D eigenvalue weighted by molar-refractivity contribution is 0.463. The van der Waals surface area contributed by atoms with Gasteiger partial charge in [0.2, 0.25) is 0 Å². The zero-order valence-corrected chi connectivity index (χ0v) is 7.49. The molecule has 0 radical (unpaired) electrons. The van der Waals surface area contributed by atoms with Crippen molar-refractivity contribution in [2.45, 2.75) is 13.0 Å². The summed E-state index contributed by atoms with van der Waals surface area (Å²) in [7, 11) is 0. The fourth-order valence-electron chi connectivity index (χ4n) is 1.55. The highest BCUT2D eigenvalue weighted by molar-refractivity contribution is 5.38. The second-order valence-electron chi connectivity index (χ2n) is 3.15. The molecule has 1 aliphatic rings. The number of hydrogen-bond acceptors (Lipinski definition) is 5. The Kier molecular flexibility index (Phi) is 1.63. The van der Waals surface area contributed by atoms with E-state index in [4.69, 9.17) is 8.83 Å². The third kappa shape index (κ3) is 1.13. The molecule has 0 saturated carbocycles. The lowest BCUT2D eigenvalue weighted by Gasteiger charge is -2.07. The van der Waals surface area contributed by atoms with E-state index in [1.807, 2.05) is 0 Å². The standard InChI is InChI=1S/C9H9N3O2/c1-2-10-5-6-7(1)14-9(12-6)8-11-3-4-13-8/h3-4,10H,1-2,5H2. The van der Waals surface area contributed by atoms with Crippen LogP contribution in [0.1, 0.15) is 11.5 Å². The number of aromatic nitrogens is 2. The van der Waals surface area contributed by atoms with Gasteiger partial charge in [-0.1, -0.05) is 0 Å². The molecular formula is C9H9N3O2. The van der Waals surface area contributed by atoms with Crippen LogP contribution < -0.4 is 5.32 Å². The van der Waals surface area contributed by atoms with E-state index in [9.17, 15) is 0 Å². The average molecular weight is 191 g/mol. The van der Waals surface area contributed by atoms with Gasteiger partial charge in [0, 0.05) is 19.5 Å². The topological polar surface area (TPSA) is 64.1 Å². The first-order valence-electron chi connectivity index (χ1n) is 4.52. The largest absolute Gasteiger partial charge is 0.441 e. The van der Waals surface area contributed by atoms with Gasteiger partial charge in [-0.25, -0.2) is 9.97 Å². The average Bonchev–Trinajstić information content (AvgIpc) is 2.86. The Morgan fingerprint density at radius 2 is 2.36 bits per heavy atom. The zero-order valence-electron chi connectivity index (χ0n) is 7.49. The summed E-state index contributed by atoms with van der Waals surface area (Å²) in [4.78, 5) is 8.29. The smallest absolute Gasteiger partial charge is 0.284 e. The van der Waals surface area contributed by atoms with Crippen LogP contribution in [-0.2, 0) is 13.0 Å². The Morgan fingerprint density at radius 1 is 1.36 bits per heavy atom. The molecule has 0 saturated heterocycles. The Balaban J connectivity index is 2.04. The van der Waals surface area contributed by atoms with Crippen molar-refractivity contribution in [1.29, 1.82) is 0 Å². The molecule has 0 unspecified atom stereocenters. The van der Waals surface area contributed by atoms with Gasteiger partial charge in [0.05, 0.1) is 11.9 Å². The van der Waals surface area contributed by atoms with Crippen molar-refractivity contribution >= 4 is 0 Å². The summed E-state index contributed by atoms with van der Waals surface area (Å²) in [6.45, 7) is 1.70. The van der Waals surface area contributed by atoms with Gasteiger partial charge in [-0.05, 0) is 0 Å². The third-order valence-corrected chi connectivity index (χ3v) is 2.21. The van der Waals surface area contributed by atoms with Crippen LogP contribution in [0.4, 0.5) is 0 Å². The van der Waals surface area contributed by atoms with E-state index in [0.717, 1.165) is 31.0 Å². The van der Waals surface area contributed by atoms with E-state index < -0.39 is 0 Å². The van der Waals surface area contributed by atoms with Crippen LogP contribution in [0.2, 0.25) is 0 Å². The number of nitrogens with one attached hydrogen (secondary N) is 1. The fraction of sp³-hybridized carbons (Fsp3) is 0.333. The van der Waals surface area contributed by atoms with Crippen LogP contribution in [0.25, 0.3) is 11.8 Å². The second kappa shape index (κ2) is 2.95. The van der Waals surface area contributed by atoms with E-state index in [2.05, 4.69) is 15.3 Å². The van der Waals surface area contributed by atoms with Gasteiger partial charge in [0.1, 0.15) is 12.0 Å². The third-order valence-electron chi connectivity index (χ3n) is 2.21. The van der Waals surface area contributed by atoms with Crippen LogP contribution >= 0.6 is 0 Å². The van der Waals surface area contributed by atoms with Gasteiger partial charge in [0.25, 0.3) is 11.8 Å². The quantitative estimate of drug-likeness (QED) is 0.727. The first-order valence-corrected chi connectivity index (χ1v) is 4.52. The fourth-order valence-corrected chi connectivity index (χ4v) is 1.55.